The number of amidine groups is 1. The smallest absolute Gasteiger partial charge is 0.263 e. The van der Waals surface area contributed by atoms with Gasteiger partial charge in [0.1, 0.15) is 5.84 Å². The van der Waals surface area contributed by atoms with E-state index in [4.69, 9.17) is 23.2 Å². The molecule has 1 aliphatic rings. The van der Waals surface area contributed by atoms with Crippen LogP contribution < -0.4 is 15.7 Å². The first-order chi connectivity index (χ1) is 13.0. The number of nitro groups is 1. The maximum Gasteiger partial charge on any atom is 0.269 e. The van der Waals surface area contributed by atoms with Crippen LogP contribution in [0.15, 0.2) is 59.7 Å². The van der Waals surface area contributed by atoms with Crippen LogP contribution in [-0.2, 0) is 0 Å². The van der Waals surface area contributed by atoms with Crippen molar-refractivity contribution in [3.63, 3.8) is 0 Å². The average molecular weight is 402 g/mol. The SMILES string of the molecule is CC1=NN(c2ccc([N+](=O)[O-])cc2)N(c2cccc3c(Cl)ccc(Cl)c23)N1. The predicted octanol–water partition coefficient (Wildman–Crippen LogP) is 5.13. The number of hydrazone groups is 1. The summed E-state index contributed by atoms with van der Waals surface area (Å²) in [6.07, 6.45) is 0. The van der Waals surface area contributed by atoms with Crippen molar-refractivity contribution >= 4 is 56.9 Å². The Balaban J connectivity index is 1.83. The number of halogens is 2. The Bertz CT molecular complexity index is 1090. The van der Waals surface area contributed by atoms with E-state index in [1.165, 1.54) is 12.1 Å². The molecule has 0 saturated heterocycles. The van der Waals surface area contributed by atoms with Gasteiger partial charge in [0, 0.05) is 27.9 Å². The Hall–Kier alpha value is -3.03. The summed E-state index contributed by atoms with van der Waals surface area (Å²) in [4.78, 5) is 10.5. The summed E-state index contributed by atoms with van der Waals surface area (Å²) in [6, 6.07) is 15.3. The molecule has 0 aliphatic carbocycles. The van der Waals surface area contributed by atoms with Crippen LogP contribution in [0.4, 0.5) is 17.1 Å². The van der Waals surface area contributed by atoms with Crippen LogP contribution in [0.3, 0.4) is 0 Å². The van der Waals surface area contributed by atoms with Crippen molar-refractivity contribution in [2.24, 2.45) is 5.10 Å². The fourth-order valence-electron chi connectivity index (χ4n) is 2.94. The Morgan fingerprint density at radius 1 is 1.04 bits per heavy atom. The molecule has 0 saturated carbocycles. The number of nitrogens with zero attached hydrogens (tertiary/aromatic N) is 4. The van der Waals surface area contributed by atoms with Crippen molar-refractivity contribution in [2.75, 3.05) is 10.2 Å². The zero-order valence-electron chi connectivity index (χ0n) is 14.1. The van der Waals surface area contributed by atoms with Gasteiger partial charge in [0.25, 0.3) is 5.69 Å². The Kier molecular flexibility index (Phi) is 4.25. The lowest BCUT2D eigenvalue weighted by Crippen LogP contribution is -2.44. The molecule has 3 aromatic carbocycles. The van der Waals surface area contributed by atoms with Crippen LogP contribution in [0.25, 0.3) is 10.8 Å². The Morgan fingerprint density at radius 3 is 2.44 bits per heavy atom. The van der Waals surface area contributed by atoms with Gasteiger partial charge in [-0.3, -0.25) is 15.5 Å². The number of benzene rings is 3. The number of non-ortho nitro benzene ring substituents is 1. The van der Waals surface area contributed by atoms with Crippen molar-refractivity contribution in [1.29, 1.82) is 0 Å². The van der Waals surface area contributed by atoms with Crippen molar-refractivity contribution in [1.82, 2.24) is 5.43 Å². The first-order valence-electron chi connectivity index (χ1n) is 7.99. The lowest BCUT2D eigenvalue weighted by molar-refractivity contribution is -0.384. The molecule has 0 atom stereocenters. The number of fused-ring (bicyclic) bond motifs is 1. The van der Waals surface area contributed by atoms with Gasteiger partial charge in [-0.2, -0.15) is 10.2 Å². The van der Waals surface area contributed by atoms with E-state index in [0.29, 0.717) is 21.6 Å². The molecule has 1 heterocycles. The minimum absolute atomic E-state index is 0.0122. The van der Waals surface area contributed by atoms with E-state index in [2.05, 4.69) is 10.5 Å². The van der Waals surface area contributed by atoms with Crippen molar-refractivity contribution in [3.8, 4) is 0 Å². The normalized spacial score (nSPS) is 13.7. The molecule has 7 nitrogen and oxygen atoms in total. The van der Waals surface area contributed by atoms with E-state index in [0.717, 1.165) is 16.5 Å². The molecule has 0 aromatic heterocycles. The topological polar surface area (TPSA) is 74.0 Å². The van der Waals surface area contributed by atoms with Gasteiger partial charge in [0.05, 0.1) is 21.3 Å². The van der Waals surface area contributed by atoms with Crippen LogP contribution >= 0.6 is 23.2 Å². The van der Waals surface area contributed by atoms with Gasteiger partial charge in [0.15, 0.2) is 0 Å². The molecule has 1 aliphatic heterocycles. The summed E-state index contributed by atoms with van der Waals surface area (Å²) < 4.78 is 0. The number of hydrogen-bond donors (Lipinski definition) is 1. The summed E-state index contributed by atoms with van der Waals surface area (Å²) >= 11 is 12.8. The van der Waals surface area contributed by atoms with Gasteiger partial charge in [-0.05, 0) is 37.3 Å². The highest BCUT2D eigenvalue weighted by Crippen LogP contribution is 2.38. The van der Waals surface area contributed by atoms with E-state index >= 15 is 0 Å². The second-order valence-electron chi connectivity index (χ2n) is 5.90. The molecule has 0 fully saturated rings. The van der Waals surface area contributed by atoms with Gasteiger partial charge in [-0.1, -0.05) is 35.3 Å². The molecule has 136 valence electrons. The Morgan fingerprint density at radius 2 is 1.74 bits per heavy atom. The van der Waals surface area contributed by atoms with Gasteiger partial charge < -0.3 is 0 Å². The van der Waals surface area contributed by atoms with E-state index in [-0.39, 0.29) is 5.69 Å². The molecule has 0 unspecified atom stereocenters. The third-order valence-electron chi connectivity index (χ3n) is 4.14. The monoisotopic (exact) mass is 401 g/mol. The van der Waals surface area contributed by atoms with E-state index in [1.807, 2.05) is 25.1 Å². The summed E-state index contributed by atoms with van der Waals surface area (Å²) in [7, 11) is 0. The molecule has 4 rings (SSSR count). The second-order valence-corrected chi connectivity index (χ2v) is 6.72. The minimum Gasteiger partial charge on any atom is -0.263 e. The van der Waals surface area contributed by atoms with Crippen molar-refractivity contribution in [3.05, 3.63) is 74.8 Å². The second kappa shape index (κ2) is 6.61. The number of hydrogen-bond acceptors (Lipinski definition) is 6. The first-order valence-corrected chi connectivity index (χ1v) is 8.74. The van der Waals surface area contributed by atoms with Gasteiger partial charge >= 0.3 is 0 Å². The lowest BCUT2D eigenvalue weighted by atomic mass is 10.1. The van der Waals surface area contributed by atoms with Crippen LogP contribution in [-0.4, -0.2) is 10.8 Å². The molecule has 9 heteroatoms. The molecule has 0 amide bonds. The van der Waals surface area contributed by atoms with Crippen molar-refractivity contribution < 1.29 is 4.92 Å². The van der Waals surface area contributed by atoms with Gasteiger partial charge in [-0.15, -0.1) is 5.10 Å². The standard InChI is InChI=1S/C18H13Cl2N5O2/c1-11-21-23(12-5-7-13(8-6-12)25(26)27)24(22-11)17-4-2-3-14-15(19)9-10-16(20)18(14)17/h2-10H,1H3,(H,21,22). The molecule has 3 aromatic rings. The van der Waals surface area contributed by atoms with Gasteiger partial charge in [0.2, 0.25) is 0 Å². The number of hydrazine groups is 2. The fraction of sp³-hybridized carbons (Fsp3) is 0.0556. The third-order valence-corrected chi connectivity index (χ3v) is 4.78. The average Bonchev–Trinajstić information content (AvgIpc) is 3.06. The molecular weight excluding hydrogens is 389 g/mol. The zero-order valence-corrected chi connectivity index (χ0v) is 15.6. The lowest BCUT2D eigenvalue weighted by Gasteiger charge is -2.29. The van der Waals surface area contributed by atoms with Gasteiger partial charge in [-0.25, -0.2) is 0 Å². The highest BCUT2D eigenvalue weighted by atomic mass is 35.5. The van der Waals surface area contributed by atoms with Crippen LogP contribution in [0.1, 0.15) is 6.92 Å². The van der Waals surface area contributed by atoms with Crippen LogP contribution in [0, 0.1) is 10.1 Å². The van der Waals surface area contributed by atoms with Crippen LogP contribution in [0.5, 0.6) is 0 Å². The molecule has 0 radical (unpaired) electrons. The number of anilines is 2. The maximum atomic E-state index is 10.9. The molecule has 0 bridgehead atoms. The maximum absolute atomic E-state index is 10.9. The predicted molar refractivity (Wildman–Crippen MR) is 108 cm³/mol. The molecular formula is C18H13Cl2N5O2. The molecule has 1 N–H and O–H groups in total. The number of rotatable bonds is 3. The molecule has 27 heavy (non-hydrogen) atoms. The minimum atomic E-state index is -0.440. The summed E-state index contributed by atoms with van der Waals surface area (Å²) in [6.45, 7) is 1.82. The van der Waals surface area contributed by atoms with E-state index < -0.39 is 4.92 Å². The van der Waals surface area contributed by atoms with Crippen LogP contribution in [0.2, 0.25) is 10.0 Å². The highest BCUT2D eigenvalue weighted by molar-refractivity contribution is 6.41. The fourth-order valence-corrected chi connectivity index (χ4v) is 3.42. The highest BCUT2D eigenvalue weighted by Gasteiger charge is 2.26. The number of nitrogens with one attached hydrogen (secondary N) is 1. The van der Waals surface area contributed by atoms with E-state index in [9.17, 15) is 10.1 Å². The van der Waals surface area contributed by atoms with Crippen molar-refractivity contribution in [2.45, 2.75) is 6.92 Å². The summed E-state index contributed by atoms with van der Waals surface area (Å²) in [5, 5.41) is 21.4. The molecule has 0 spiro atoms. The van der Waals surface area contributed by atoms with E-state index in [1.54, 1.807) is 34.5 Å². The summed E-state index contributed by atoms with van der Waals surface area (Å²) in [5.74, 6) is 0.656. The first kappa shape index (κ1) is 17.4. The largest absolute Gasteiger partial charge is 0.269 e. The number of nitro benzene ring substituents is 1. The third kappa shape index (κ3) is 3.01. The quantitative estimate of drug-likeness (QED) is 0.486. The summed E-state index contributed by atoms with van der Waals surface area (Å²) in [5.41, 5.74) is 4.58. The Labute approximate surface area is 164 Å². The zero-order chi connectivity index (χ0) is 19.1.